The molecule has 2 aromatic rings. The summed E-state index contributed by atoms with van der Waals surface area (Å²) >= 11 is 0. The highest BCUT2D eigenvalue weighted by Gasteiger charge is 2.41. The molecule has 3 rings (SSSR count). The Morgan fingerprint density at radius 1 is 0.875 bits per heavy atom. The van der Waals surface area contributed by atoms with Crippen LogP contribution in [0.5, 0.6) is 0 Å². The molecule has 2 atom stereocenters. The second-order valence-electron chi connectivity index (χ2n) is 8.58. The minimum absolute atomic E-state index is 0.0924. The predicted octanol–water partition coefficient (Wildman–Crippen LogP) is 4.06. The first-order chi connectivity index (χ1) is 15.1. The first-order valence-electron chi connectivity index (χ1n) is 10.8. The lowest BCUT2D eigenvalue weighted by molar-refractivity contribution is -0.148. The molecule has 3 N–H and O–H groups in total. The molecule has 0 fully saturated rings. The van der Waals surface area contributed by atoms with E-state index < -0.39 is 29.0 Å². The van der Waals surface area contributed by atoms with Crippen molar-refractivity contribution in [3.05, 3.63) is 59.7 Å². The third kappa shape index (κ3) is 4.33. The molecular weight excluding hydrogens is 408 g/mol. The fourth-order valence-electron chi connectivity index (χ4n) is 3.85. The van der Waals surface area contributed by atoms with Crippen LogP contribution in [0, 0.1) is 0 Å². The predicted molar refractivity (Wildman–Crippen MR) is 121 cm³/mol. The smallest absolute Gasteiger partial charge is 0.408 e. The van der Waals surface area contributed by atoms with Crippen LogP contribution in [0.1, 0.15) is 57.6 Å². The number of rotatable bonds is 8. The summed E-state index contributed by atoms with van der Waals surface area (Å²) in [7, 11) is 0. The molecule has 0 spiro atoms. The summed E-state index contributed by atoms with van der Waals surface area (Å²) in [6, 6.07) is 16.1. The van der Waals surface area contributed by atoms with Gasteiger partial charge in [-0.1, -0.05) is 62.4 Å². The molecule has 0 aliphatic heterocycles. The van der Waals surface area contributed by atoms with E-state index in [1.54, 1.807) is 20.8 Å². The van der Waals surface area contributed by atoms with Crippen molar-refractivity contribution in [2.75, 3.05) is 6.61 Å². The topological polar surface area (TPSA) is 105 Å². The van der Waals surface area contributed by atoms with E-state index in [1.165, 1.54) is 6.92 Å². The second kappa shape index (κ2) is 9.02. The van der Waals surface area contributed by atoms with Crippen LogP contribution in [-0.2, 0) is 14.3 Å². The molecule has 170 valence electrons. The number of ether oxygens (including phenoxy) is 1. The number of carbonyl (C=O) groups is 3. The summed E-state index contributed by atoms with van der Waals surface area (Å²) in [6.07, 6.45) is -0.249. The Morgan fingerprint density at radius 2 is 1.38 bits per heavy atom. The second-order valence-corrected chi connectivity index (χ2v) is 8.58. The number of hydrogen-bond donors (Lipinski definition) is 3. The first-order valence-corrected chi connectivity index (χ1v) is 10.8. The number of amides is 2. The molecule has 7 heteroatoms. The van der Waals surface area contributed by atoms with Gasteiger partial charge in [0, 0.05) is 5.92 Å². The van der Waals surface area contributed by atoms with E-state index in [2.05, 4.69) is 22.8 Å². The highest BCUT2D eigenvalue weighted by molar-refractivity contribution is 5.93. The van der Waals surface area contributed by atoms with Crippen LogP contribution in [-0.4, -0.2) is 40.8 Å². The molecule has 7 nitrogen and oxygen atoms in total. The summed E-state index contributed by atoms with van der Waals surface area (Å²) in [5.41, 5.74) is 1.71. The number of carbonyl (C=O) groups excluding carboxylic acids is 2. The van der Waals surface area contributed by atoms with E-state index in [1.807, 2.05) is 36.4 Å². The molecule has 2 unspecified atom stereocenters. The Kier molecular flexibility index (Phi) is 6.57. The van der Waals surface area contributed by atoms with Crippen molar-refractivity contribution in [1.82, 2.24) is 10.6 Å². The maximum Gasteiger partial charge on any atom is 0.408 e. The highest BCUT2D eigenvalue weighted by atomic mass is 16.5. The number of fused-ring (bicyclic) bond motifs is 3. The van der Waals surface area contributed by atoms with Gasteiger partial charge in [-0.2, -0.15) is 0 Å². The SMILES string of the molecule is CCC(C)(NC(=O)C(C)(CC)NC(=O)OCC1c2ccccc2-c2ccccc21)C(=O)O. The Labute approximate surface area is 188 Å². The summed E-state index contributed by atoms with van der Waals surface area (Å²) in [6.45, 7) is 6.55. The van der Waals surface area contributed by atoms with E-state index in [9.17, 15) is 19.5 Å². The molecule has 2 amide bonds. The molecule has 1 aliphatic rings. The number of hydrogen-bond acceptors (Lipinski definition) is 4. The van der Waals surface area contributed by atoms with Gasteiger partial charge in [-0.15, -0.1) is 0 Å². The van der Waals surface area contributed by atoms with Gasteiger partial charge in [-0.05, 0) is 48.9 Å². The van der Waals surface area contributed by atoms with Crippen molar-refractivity contribution in [3.63, 3.8) is 0 Å². The number of carboxylic acid groups (broad SMARTS) is 1. The van der Waals surface area contributed by atoms with Crippen molar-refractivity contribution in [2.45, 2.75) is 57.5 Å². The fraction of sp³-hybridized carbons (Fsp3) is 0.400. The molecule has 0 radical (unpaired) electrons. The van der Waals surface area contributed by atoms with Gasteiger partial charge in [0.2, 0.25) is 5.91 Å². The van der Waals surface area contributed by atoms with Crippen molar-refractivity contribution in [1.29, 1.82) is 0 Å². The van der Waals surface area contributed by atoms with Gasteiger partial charge >= 0.3 is 12.1 Å². The Hall–Kier alpha value is -3.35. The number of alkyl carbamates (subject to hydrolysis) is 1. The van der Waals surface area contributed by atoms with E-state index >= 15 is 0 Å². The monoisotopic (exact) mass is 438 g/mol. The summed E-state index contributed by atoms with van der Waals surface area (Å²) < 4.78 is 5.54. The van der Waals surface area contributed by atoms with Crippen molar-refractivity contribution >= 4 is 18.0 Å². The molecule has 1 aliphatic carbocycles. The van der Waals surface area contributed by atoms with Crippen LogP contribution in [0.3, 0.4) is 0 Å². The molecule has 0 bridgehead atoms. The Balaban J connectivity index is 1.70. The summed E-state index contributed by atoms with van der Waals surface area (Å²) in [4.78, 5) is 37.0. The van der Waals surface area contributed by atoms with E-state index in [4.69, 9.17) is 4.74 Å². The maximum atomic E-state index is 12.9. The Bertz CT molecular complexity index is 991. The van der Waals surface area contributed by atoms with Gasteiger partial charge in [-0.25, -0.2) is 9.59 Å². The molecule has 0 heterocycles. The largest absolute Gasteiger partial charge is 0.480 e. The van der Waals surface area contributed by atoms with Gasteiger partial charge in [-0.3, -0.25) is 4.79 Å². The first kappa shape index (κ1) is 23.3. The van der Waals surface area contributed by atoms with Gasteiger partial charge in [0.1, 0.15) is 17.7 Å². The fourth-order valence-corrected chi connectivity index (χ4v) is 3.85. The zero-order valence-corrected chi connectivity index (χ0v) is 18.9. The van der Waals surface area contributed by atoms with Crippen LogP contribution in [0.15, 0.2) is 48.5 Å². The molecule has 0 saturated heterocycles. The number of nitrogens with one attached hydrogen (secondary N) is 2. The van der Waals surface area contributed by atoms with E-state index in [0.29, 0.717) is 0 Å². The number of aliphatic carboxylic acids is 1. The molecule has 2 aromatic carbocycles. The lowest BCUT2D eigenvalue weighted by Gasteiger charge is -2.33. The molecular formula is C25H30N2O5. The third-order valence-electron chi connectivity index (χ3n) is 6.50. The highest BCUT2D eigenvalue weighted by Crippen LogP contribution is 2.44. The molecule has 32 heavy (non-hydrogen) atoms. The normalized spacial score (nSPS) is 16.1. The number of benzene rings is 2. The van der Waals surface area contributed by atoms with Gasteiger partial charge in [0.25, 0.3) is 0 Å². The van der Waals surface area contributed by atoms with Gasteiger partial charge < -0.3 is 20.5 Å². The minimum atomic E-state index is -1.42. The van der Waals surface area contributed by atoms with Crippen molar-refractivity contribution in [3.8, 4) is 11.1 Å². The minimum Gasteiger partial charge on any atom is -0.480 e. The van der Waals surface area contributed by atoms with E-state index in [0.717, 1.165) is 22.3 Å². The third-order valence-corrected chi connectivity index (χ3v) is 6.50. The van der Waals surface area contributed by atoms with Crippen LogP contribution in [0.4, 0.5) is 4.79 Å². The Morgan fingerprint density at radius 3 is 1.84 bits per heavy atom. The molecule has 0 saturated carbocycles. The zero-order chi connectivity index (χ0) is 23.5. The quantitative estimate of drug-likeness (QED) is 0.576. The number of carboxylic acids is 1. The van der Waals surface area contributed by atoms with Gasteiger partial charge in [0.15, 0.2) is 0 Å². The van der Waals surface area contributed by atoms with Gasteiger partial charge in [0.05, 0.1) is 0 Å². The maximum absolute atomic E-state index is 12.9. The molecule has 0 aromatic heterocycles. The average molecular weight is 439 g/mol. The standard InChI is InChI=1S/C25H30N2O5/c1-5-24(3,21(28)26-25(4,6-2)22(29)30)27-23(31)32-15-20-18-13-9-7-11-16(18)17-12-8-10-14-19(17)20/h7-14,20H,5-6,15H2,1-4H3,(H,26,28)(H,27,31)(H,29,30). The van der Waals surface area contributed by atoms with Crippen LogP contribution < -0.4 is 10.6 Å². The van der Waals surface area contributed by atoms with Crippen LogP contribution in [0.25, 0.3) is 11.1 Å². The average Bonchev–Trinajstić information content (AvgIpc) is 3.11. The van der Waals surface area contributed by atoms with Crippen LogP contribution >= 0.6 is 0 Å². The van der Waals surface area contributed by atoms with Crippen LogP contribution in [0.2, 0.25) is 0 Å². The van der Waals surface area contributed by atoms with Crippen molar-refractivity contribution < 1.29 is 24.2 Å². The summed E-state index contributed by atoms with van der Waals surface area (Å²) in [5.74, 6) is -1.79. The lowest BCUT2D eigenvalue weighted by atomic mass is 9.93. The lowest BCUT2D eigenvalue weighted by Crippen LogP contribution is -2.63. The zero-order valence-electron chi connectivity index (χ0n) is 18.9. The van der Waals surface area contributed by atoms with E-state index in [-0.39, 0.29) is 25.4 Å². The van der Waals surface area contributed by atoms with Crippen molar-refractivity contribution in [2.24, 2.45) is 0 Å². The summed E-state index contributed by atoms with van der Waals surface area (Å²) in [5, 5.41) is 14.6.